The molecule has 17 nitrogen and oxygen atoms in total. The SMILES string of the molecule is CCOc1cc(N2CCC(N3CCN(CCN(C)c4cccc5c4oc(=O)n5C4CCC(=O)NC4=O)CC3)CC2)c(CC)cc1Nc1ncc(Br)c(Nc2cc(F)c3nc(CC)ccc3c2P(C)(C)=O)n1. The van der Waals surface area contributed by atoms with Crippen LogP contribution in [0, 0.1) is 5.82 Å². The molecule has 20 heteroatoms. The Morgan fingerprint density at radius 2 is 1.72 bits per heavy atom. The molecule has 0 saturated carbocycles. The number of para-hydroxylation sites is 1. The van der Waals surface area contributed by atoms with Crippen molar-refractivity contribution >= 4 is 96.7 Å². The summed E-state index contributed by atoms with van der Waals surface area (Å²) in [4.78, 5) is 61.0. The number of pyridine rings is 1. The fraction of sp³-hybridized carbons (Fsp3) is 0.451. The largest absolute Gasteiger partial charge is 0.492 e. The smallest absolute Gasteiger partial charge is 0.420 e. The maximum Gasteiger partial charge on any atom is 0.420 e. The number of ether oxygens (including phenoxy) is 1. The van der Waals surface area contributed by atoms with Crippen LogP contribution >= 0.6 is 23.1 Å². The van der Waals surface area contributed by atoms with Crippen LogP contribution in [0.4, 0.5) is 38.9 Å². The van der Waals surface area contributed by atoms with Gasteiger partial charge in [-0.2, -0.15) is 4.98 Å². The van der Waals surface area contributed by atoms with E-state index in [0.717, 1.165) is 94.4 Å². The number of carbonyl (C=O) groups is 2. The van der Waals surface area contributed by atoms with E-state index in [1.165, 1.54) is 16.2 Å². The molecule has 1 atom stereocenters. The van der Waals surface area contributed by atoms with Crippen LogP contribution in [0.3, 0.4) is 0 Å². The molecule has 0 bridgehead atoms. The van der Waals surface area contributed by atoms with Gasteiger partial charge < -0.3 is 34.2 Å². The number of aryl methyl sites for hydroxylation is 2. The van der Waals surface area contributed by atoms with Crippen molar-refractivity contribution < 1.29 is 27.7 Å². The van der Waals surface area contributed by atoms with E-state index in [2.05, 4.69) is 80.5 Å². The average Bonchev–Trinajstić information content (AvgIpc) is 3.69. The summed E-state index contributed by atoms with van der Waals surface area (Å²) in [7, 11) is -0.941. The Morgan fingerprint density at radius 3 is 2.42 bits per heavy atom. The van der Waals surface area contributed by atoms with Crippen LogP contribution in [0.15, 0.2) is 68.4 Å². The van der Waals surface area contributed by atoms with Gasteiger partial charge in [-0.3, -0.25) is 29.3 Å². The molecule has 0 spiro atoms. The topological polar surface area (TPSA) is 183 Å². The Labute approximate surface area is 421 Å². The Bertz CT molecular complexity index is 3090. The number of likely N-dealkylation sites (N-methyl/N-ethyl adjacent to an activating group) is 1. The molecule has 0 aliphatic carbocycles. The number of nitrogens with one attached hydrogen (secondary N) is 3. The van der Waals surface area contributed by atoms with Crippen molar-refractivity contribution in [2.45, 2.75) is 71.4 Å². The number of anilines is 6. The van der Waals surface area contributed by atoms with Gasteiger partial charge in [0.2, 0.25) is 17.8 Å². The maximum absolute atomic E-state index is 15.7. The predicted octanol–water partition coefficient (Wildman–Crippen LogP) is 7.79. The third kappa shape index (κ3) is 10.6. The van der Waals surface area contributed by atoms with Gasteiger partial charge in [-0.15, -0.1) is 0 Å². The van der Waals surface area contributed by atoms with Crippen LogP contribution in [0.2, 0.25) is 0 Å². The molecule has 3 fully saturated rings. The predicted molar refractivity (Wildman–Crippen MR) is 282 cm³/mol. The quantitative estimate of drug-likeness (QED) is 0.0630. The summed E-state index contributed by atoms with van der Waals surface area (Å²) in [5, 5.41) is 10.0. The first-order chi connectivity index (χ1) is 34.1. The van der Waals surface area contributed by atoms with Crippen LogP contribution in [-0.2, 0) is 27.0 Å². The van der Waals surface area contributed by atoms with Gasteiger partial charge in [-0.05, 0) is 98.1 Å². The van der Waals surface area contributed by atoms with Gasteiger partial charge in [-0.1, -0.05) is 26.0 Å². The molecule has 6 heterocycles. The molecule has 1 unspecified atom stereocenters. The molecule has 3 aliphatic heterocycles. The van der Waals surface area contributed by atoms with Crippen LogP contribution in [0.1, 0.15) is 63.8 Å². The fourth-order valence-electron chi connectivity index (χ4n) is 10.3. The molecule has 0 radical (unpaired) electrons. The molecule has 376 valence electrons. The minimum atomic E-state index is -2.93. The molecule has 3 aromatic heterocycles. The van der Waals surface area contributed by atoms with Gasteiger partial charge >= 0.3 is 5.76 Å². The lowest BCUT2D eigenvalue weighted by atomic mass is 9.99. The highest BCUT2D eigenvalue weighted by atomic mass is 79.9. The number of halogens is 2. The molecule has 71 heavy (non-hydrogen) atoms. The van der Waals surface area contributed by atoms with Crippen LogP contribution < -0.4 is 41.5 Å². The molecule has 9 rings (SSSR count). The molecule has 2 amide bonds. The molecular weight excluding hydrogens is 993 g/mol. The van der Waals surface area contributed by atoms with Crippen molar-refractivity contribution in [2.24, 2.45) is 0 Å². The van der Waals surface area contributed by atoms with Gasteiger partial charge in [0.1, 0.15) is 30.3 Å². The van der Waals surface area contributed by atoms with E-state index in [1.54, 1.807) is 31.7 Å². The number of piperidine rings is 2. The lowest BCUT2D eigenvalue weighted by Crippen LogP contribution is -2.54. The van der Waals surface area contributed by atoms with Gasteiger partial charge in [0.25, 0.3) is 0 Å². The number of amides is 2. The van der Waals surface area contributed by atoms with E-state index in [-0.39, 0.29) is 24.3 Å². The highest BCUT2D eigenvalue weighted by Gasteiger charge is 2.33. The number of hydrogen-bond donors (Lipinski definition) is 3. The summed E-state index contributed by atoms with van der Waals surface area (Å²) < 4.78 is 43.3. The number of oxazole rings is 1. The number of benzene rings is 3. The second-order valence-electron chi connectivity index (χ2n) is 18.9. The Balaban J connectivity index is 0.820. The Morgan fingerprint density at radius 1 is 0.944 bits per heavy atom. The second-order valence-corrected chi connectivity index (χ2v) is 22.9. The number of piperazine rings is 1. The second kappa shape index (κ2) is 21.1. The number of fused-ring (bicyclic) bond motifs is 2. The van der Waals surface area contributed by atoms with Crippen molar-refractivity contribution in [2.75, 3.05) is 99.8 Å². The highest BCUT2D eigenvalue weighted by molar-refractivity contribution is 9.10. The van der Waals surface area contributed by atoms with E-state index in [0.29, 0.717) is 68.5 Å². The minimum absolute atomic E-state index is 0.171. The minimum Gasteiger partial charge on any atom is -0.492 e. The van der Waals surface area contributed by atoms with Gasteiger partial charge in [0.15, 0.2) is 11.4 Å². The first kappa shape index (κ1) is 50.1. The normalized spacial score (nSPS) is 17.5. The monoisotopic (exact) mass is 1050 g/mol. The first-order valence-corrected chi connectivity index (χ1v) is 28.0. The lowest BCUT2D eigenvalue weighted by molar-refractivity contribution is -0.135. The summed E-state index contributed by atoms with van der Waals surface area (Å²) in [5.41, 5.74) is 6.13. The standard InChI is InChI=1S/C51H62BrFN11O6P/c1-7-31-27-37(57-50-54-30-35(52)48(59-50)56-38-28-36(53)45-34(47(38)71(5,6)68)14-13-32(8-2)55-45)43(69-9-3)29-42(31)63-19-17-33(18-20-63)62-25-23-61(24-26-62)22-21-60(4)39-11-10-12-40-46(39)70-51(67)64(40)41-15-16-44(65)58-49(41)66/h10-14,27-30,33,41H,7-9,15-26H2,1-6H3,(H,58,65,66)(H2,54,56,57,59). The molecule has 6 aromatic rings. The number of hydrogen-bond acceptors (Lipinski definition) is 15. The molecular formula is C51H62BrFN11O6P. The van der Waals surface area contributed by atoms with Gasteiger partial charge in [0, 0.05) is 112 Å². The van der Waals surface area contributed by atoms with Gasteiger partial charge in [0.05, 0.1) is 33.7 Å². The highest BCUT2D eigenvalue weighted by Crippen LogP contribution is 2.43. The summed E-state index contributed by atoms with van der Waals surface area (Å²) in [6.45, 7) is 17.2. The Kier molecular flexibility index (Phi) is 14.9. The van der Waals surface area contributed by atoms with Crippen LogP contribution in [0.25, 0.3) is 22.0 Å². The third-order valence-electron chi connectivity index (χ3n) is 14.0. The van der Waals surface area contributed by atoms with Crippen molar-refractivity contribution in [3.63, 3.8) is 0 Å². The molecule has 3 aromatic carbocycles. The number of nitrogens with zero attached hydrogens (tertiary/aromatic N) is 8. The van der Waals surface area contributed by atoms with Gasteiger partial charge in [-0.25, -0.2) is 19.2 Å². The van der Waals surface area contributed by atoms with Crippen molar-refractivity contribution in [1.82, 2.24) is 34.6 Å². The number of rotatable bonds is 16. The van der Waals surface area contributed by atoms with E-state index < -0.39 is 30.7 Å². The third-order valence-corrected chi connectivity index (χ3v) is 16.1. The lowest BCUT2D eigenvalue weighted by Gasteiger charge is -2.43. The van der Waals surface area contributed by atoms with Crippen molar-refractivity contribution in [3.8, 4) is 5.75 Å². The van der Waals surface area contributed by atoms with E-state index in [9.17, 15) is 18.9 Å². The summed E-state index contributed by atoms with van der Waals surface area (Å²) in [6, 6.07) is 14.5. The van der Waals surface area contributed by atoms with Crippen LogP contribution in [0.5, 0.6) is 5.75 Å². The molecule has 3 N–H and O–H groups in total. The summed E-state index contributed by atoms with van der Waals surface area (Å²) in [5.74, 6) is -0.567. The van der Waals surface area contributed by atoms with E-state index in [1.807, 2.05) is 39.1 Å². The fourth-order valence-corrected chi connectivity index (χ4v) is 12.0. The zero-order chi connectivity index (χ0) is 50.1. The number of aromatic nitrogens is 4. The van der Waals surface area contributed by atoms with E-state index in [4.69, 9.17) is 14.1 Å². The molecule has 3 aliphatic rings. The average molecular weight is 1060 g/mol. The van der Waals surface area contributed by atoms with E-state index >= 15 is 4.39 Å². The molecule has 3 saturated heterocycles. The van der Waals surface area contributed by atoms with Crippen molar-refractivity contribution in [1.29, 1.82) is 0 Å². The zero-order valence-electron chi connectivity index (χ0n) is 41.2. The number of imide groups is 1. The Hall–Kier alpha value is -5.88. The summed E-state index contributed by atoms with van der Waals surface area (Å²) >= 11 is 3.57. The van der Waals surface area contributed by atoms with Crippen LogP contribution in [-0.4, -0.2) is 127 Å². The first-order valence-electron chi connectivity index (χ1n) is 24.6. The number of carbonyl (C=O) groups excluding carboxylic acids is 2. The summed E-state index contributed by atoms with van der Waals surface area (Å²) in [6.07, 6.45) is 5.61. The zero-order valence-corrected chi connectivity index (χ0v) is 43.7. The maximum atomic E-state index is 15.7. The van der Waals surface area contributed by atoms with Crippen molar-refractivity contribution in [3.05, 3.63) is 86.8 Å².